The summed E-state index contributed by atoms with van der Waals surface area (Å²) in [5, 5.41) is 11.3. The van der Waals surface area contributed by atoms with Gasteiger partial charge in [-0.05, 0) is 43.2 Å². The first-order chi connectivity index (χ1) is 9.35. The van der Waals surface area contributed by atoms with Crippen LogP contribution in [0.1, 0.15) is 48.1 Å². The molecule has 0 spiro atoms. The molecule has 2 aromatic heterocycles. The lowest BCUT2D eigenvalue weighted by Gasteiger charge is -2.31. The lowest BCUT2D eigenvalue weighted by Crippen LogP contribution is -2.24. The number of hydrogen-bond donors (Lipinski definition) is 1. The maximum Gasteiger partial charge on any atom is 0.142 e. The van der Waals surface area contributed by atoms with E-state index in [4.69, 9.17) is 4.98 Å². The Kier molecular flexibility index (Phi) is 3.18. The molecule has 2 heterocycles. The van der Waals surface area contributed by atoms with Crippen LogP contribution in [0.25, 0.3) is 10.7 Å². The molecule has 4 heteroatoms. The number of aliphatic hydroxyl groups excluding tert-OH is 1. The molecule has 0 saturated heterocycles. The molecule has 1 N–H and O–H groups in total. The molecule has 0 saturated carbocycles. The topological polar surface area (TPSA) is 46.0 Å². The van der Waals surface area contributed by atoms with E-state index >= 15 is 0 Å². The van der Waals surface area contributed by atoms with Crippen molar-refractivity contribution in [2.75, 3.05) is 0 Å². The highest BCUT2D eigenvalue weighted by atomic mass is 32.1. The SMILES string of the molecule is Cc1cnc(-c2nc3c(s2)C(O)CC(C)(C)C3)c(C)c1. The van der Waals surface area contributed by atoms with Crippen molar-refractivity contribution in [3.63, 3.8) is 0 Å². The lowest BCUT2D eigenvalue weighted by atomic mass is 9.77. The van der Waals surface area contributed by atoms with Gasteiger partial charge in [0.1, 0.15) is 10.7 Å². The van der Waals surface area contributed by atoms with E-state index in [2.05, 4.69) is 31.8 Å². The second kappa shape index (κ2) is 4.64. The number of pyridine rings is 1. The molecule has 1 aliphatic rings. The van der Waals surface area contributed by atoms with Crippen LogP contribution >= 0.6 is 11.3 Å². The molecule has 20 heavy (non-hydrogen) atoms. The number of aromatic nitrogens is 2. The summed E-state index contributed by atoms with van der Waals surface area (Å²) in [6.45, 7) is 8.49. The van der Waals surface area contributed by atoms with Gasteiger partial charge in [0.2, 0.25) is 0 Å². The van der Waals surface area contributed by atoms with Crippen molar-refractivity contribution < 1.29 is 5.11 Å². The Hall–Kier alpha value is -1.26. The highest BCUT2D eigenvalue weighted by Crippen LogP contribution is 2.44. The number of fused-ring (bicyclic) bond motifs is 1. The number of hydrogen-bond acceptors (Lipinski definition) is 4. The number of rotatable bonds is 1. The summed E-state index contributed by atoms with van der Waals surface area (Å²) in [5.41, 5.74) is 4.42. The fourth-order valence-electron chi connectivity index (χ4n) is 2.93. The Bertz CT molecular complexity index is 660. The van der Waals surface area contributed by atoms with Gasteiger partial charge in [0, 0.05) is 6.20 Å². The van der Waals surface area contributed by atoms with Gasteiger partial charge in [-0.1, -0.05) is 19.9 Å². The van der Waals surface area contributed by atoms with Gasteiger partial charge in [-0.3, -0.25) is 4.98 Å². The molecule has 0 radical (unpaired) electrons. The molecule has 0 fully saturated rings. The first-order valence-corrected chi connectivity index (χ1v) is 7.79. The normalized spacial score (nSPS) is 20.8. The number of nitrogens with zero attached hydrogens (tertiary/aromatic N) is 2. The van der Waals surface area contributed by atoms with Gasteiger partial charge in [0.25, 0.3) is 0 Å². The molecule has 3 nitrogen and oxygen atoms in total. The van der Waals surface area contributed by atoms with Gasteiger partial charge in [-0.15, -0.1) is 11.3 Å². The molecular weight excluding hydrogens is 268 g/mol. The summed E-state index contributed by atoms with van der Waals surface area (Å²) < 4.78 is 0. The van der Waals surface area contributed by atoms with Crippen LogP contribution in [0.5, 0.6) is 0 Å². The summed E-state index contributed by atoms with van der Waals surface area (Å²) in [4.78, 5) is 10.3. The number of thiazole rings is 1. The van der Waals surface area contributed by atoms with Crippen LogP contribution < -0.4 is 0 Å². The minimum Gasteiger partial charge on any atom is -0.387 e. The molecule has 2 aromatic rings. The zero-order valence-electron chi connectivity index (χ0n) is 12.4. The van der Waals surface area contributed by atoms with Gasteiger partial charge >= 0.3 is 0 Å². The third-order valence-electron chi connectivity index (χ3n) is 3.84. The maximum absolute atomic E-state index is 10.3. The highest BCUT2D eigenvalue weighted by Gasteiger charge is 2.34. The fourth-order valence-corrected chi connectivity index (χ4v) is 4.06. The Morgan fingerprint density at radius 2 is 2.10 bits per heavy atom. The highest BCUT2D eigenvalue weighted by molar-refractivity contribution is 7.15. The summed E-state index contributed by atoms with van der Waals surface area (Å²) >= 11 is 1.59. The van der Waals surface area contributed by atoms with E-state index in [0.717, 1.165) is 45.2 Å². The molecule has 1 atom stereocenters. The first-order valence-electron chi connectivity index (χ1n) is 6.97. The van der Waals surface area contributed by atoms with Crippen LogP contribution in [0, 0.1) is 19.3 Å². The van der Waals surface area contributed by atoms with Gasteiger partial charge < -0.3 is 5.11 Å². The number of aliphatic hydroxyl groups is 1. The van der Waals surface area contributed by atoms with E-state index in [0.29, 0.717) is 0 Å². The molecule has 0 amide bonds. The minimum atomic E-state index is -0.384. The number of aryl methyl sites for hydroxylation is 2. The predicted molar refractivity (Wildman–Crippen MR) is 81.9 cm³/mol. The van der Waals surface area contributed by atoms with Gasteiger partial charge in [0.15, 0.2) is 0 Å². The summed E-state index contributed by atoms with van der Waals surface area (Å²) in [6.07, 6.45) is 3.23. The van der Waals surface area contributed by atoms with Crippen molar-refractivity contribution in [1.82, 2.24) is 9.97 Å². The zero-order valence-corrected chi connectivity index (χ0v) is 13.2. The summed E-state index contributed by atoms with van der Waals surface area (Å²) in [5.74, 6) is 0. The Labute approximate surface area is 123 Å². The third-order valence-corrected chi connectivity index (χ3v) is 5.05. The molecule has 1 aliphatic carbocycles. The molecule has 0 aromatic carbocycles. The van der Waals surface area contributed by atoms with Crippen LogP contribution in [0.3, 0.4) is 0 Å². The molecule has 3 rings (SSSR count). The van der Waals surface area contributed by atoms with Crippen molar-refractivity contribution in [3.05, 3.63) is 34.0 Å². The van der Waals surface area contributed by atoms with E-state index in [9.17, 15) is 5.11 Å². The molecule has 106 valence electrons. The molecular formula is C16H20N2OS. The van der Waals surface area contributed by atoms with Crippen LogP contribution in [-0.4, -0.2) is 15.1 Å². The van der Waals surface area contributed by atoms with Crippen molar-refractivity contribution in [2.24, 2.45) is 5.41 Å². The Balaban J connectivity index is 2.06. The minimum absolute atomic E-state index is 0.119. The van der Waals surface area contributed by atoms with Gasteiger partial charge in [0.05, 0.1) is 16.7 Å². The van der Waals surface area contributed by atoms with Gasteiger partial charge in [-0.25, -0.2) is 4.98 Å². The monoisotopic (exact) mass is 288 g/mol. The van der Waals surface area contributed by atoms with Crippen LogP contribution in [0.2, 0.25) is 0 Å². The summed E-state index contributed by atoms with van der Waals surface area (Å²) in [6, 6.07) is 2.13. The zero-order chi connectivity index (χ0) is 14.5. The third kappa shape index (κ3) is 2.38. The standard InChI is InChI=1S/C16H20N2OS/c1-9-5-10(2)13(17-8-9)15-18-11-6-16(3,4)7-12(19)14(11)20-15/h5,8,12,19H,6-7H2,1-4H3. The molecule has 0 bridgehead atoms. The first kappa shape index (κ1) is 13.7. The predicted octanol–water partition coefficient (Wildman–Crippen LogP) is 3.83. The summed E-state index contributed by atoms with van der Waals surface area (Å²) in [7, 11) is 0. The Morgan fingerprint density at radius 1 is 1.35 bits per heavy atom. The van der Waals surface area contributed by atoms with Crippen LogP contribution in [-0.2, 0) is 6.42 Å². The largest absolute Gasteiger partial charge is 0.387 e. The van der Waals surface area contributed by atoms with Crippen molar-refractivity contribution in [3.8, 4) is 10.7 Å². The van der Waals surface area contributed by atoms with Gasteiger partial charge in [-0.2, -0.15) is 0 Å². The average molecular weight is 288 g/mol. The van der Waals surface area contributed by atoms with E-state index < -0.39 is 0 Å². The van der Waals surface area contributed by atoms with E-state index in [1.807, 2.05) is 13.1 Å². The van der Waals surface area contributed by atoms with Crippen molar-refractivity contribution >= 4 is 11.3 Å². The van der Waals surface area contributed by atoms with Crippen molar-refractivity contribution in [1.29, 1.82) is 0 Å². The fraction of sp³-hybridized carbons (Fsp3) is 0.500. The average Bonchev–Trinajstić information content (AvgIpc) is 2.70. The second-order valence-corrected chi connectivity index (χ2v) is 7.60. The molecule has 1 unspecified atom stereocenters. The van der Waals surface area contributed by atoms with E-state index in [-0.39, 0.29) is 11.5 Å². The van der Waals surface area contributed by atoms with Crippen LogP contribution in [0.4, 0.5) is 0 Å². The smallest absolute Gasteiger partial charge is 0.142 e. The van der Waals surface area contributed by atoms with Crippen molar-refractivity contribution in [2.45, 2.75) is 46.6 Å². The van der Waals surface area contributed by atoms with E-state index in [1.165, 1.54) is 0 Å². The lowest BCUT2D eigenvalue weighted by molar-refractivity contribution is 0.102. The van der Waals surface area contributed by atoms with E-state index in [1.54, 1.807) is 11.3 Å². The second-order valence-electron chi connectivity index (χ2n) is 6.57. The van der Waals surface area contributed by atoms with Crippen LogP contribution in [0.15, 0.2) is 12.3 Å². The maximum atomic E-state index is 10.3. The quantitative estimate of drug-likeness (QED) is 0.867. The molecule has 0 aliphatic heterocycles. The Morgan fingerprint density at radius 3 is 2.80 bits per heavy atom.